The Morgan fingerprint density at radius 3 is 2.69 bits per heavy atom. The number of nitrogens with zero attached hydrogens (tertiary/aromatic N) is 1. The number of ether oxygens (including phenoxy) is 1. The van der Waals surface area contributed by atoms with Gasteiger partial charge in [0, 0.05) is 22.3 Å². The van der Waals surface area contributed by atoms with Crippen molar-refractivity contribution >= 4 is 34.1 Å². The monoisotopic (exact) mass is 364 g/mol. The summed E-state index contributed by atoms with van der Waals surface area (Å²) in [5, 5.41) is 4.25. The molecule has 2 aromatic carbocycles. The molecule has 0 aliphatic carbocycles. The molecule has 0 saturated heterocycles. The Labute approximate surface area is 154 Å². The summed E-state index contributed by atoms with van der Waals surface area (Å²) in [6.07, 6.45) is 3.13. The van der Waals surface area contributed by atoms with Gasteiger partial charge in [0.15, 0.2) is 5.76 Å². The number of aromatic nitrogens is 1. The first-order chi connectivity index (χ1) is 12.7. The number of fused-ring (bicyclic) bond motifs is 1. The molecule has 0 aliphatic rings. The zero-order valence-corrected chi connectivity index (χ0v) is 14.2. The van der Waals surface area contributed by atoms with Crippen LogP contribution in [-0.2, 0) is 0 Å². The van der Waals surface area contributed by atoms with Crippen LogP contribution in [0.5, 0.6) is 11.5 Å². The van der Waals surface area contributed by atoms with Crippen molar-refractivity contribution in [3.8, 4) is 11.5 Å². The van der Waals surface area contributed by atoms with E-state index in [1.54, 1.807) is 60.8 Å². The molecule has 5 nitrogen and oxygen atoms in total. The zero-order valence-electron chi connectivity index (χ0n) is 13.5. The molecule has 6 heteroatoms. The summed E-state index contributed by atoms with van der Waals surface area (Å²) in [4.78, 5) is 16.3. The maximum absolute atomic E-state index is 12.0. The van der Waals surface area contributed by atoms with Gasteiger partial charge >= 0.3 is 0 Å². The molecule has 4 aromatic rings. The van der Waals surface area contributed by atoms with Crippen LogP contribution in [0.1, 0.15) is 10.6 Å². The van der Waals surface area contributed by atoms with E-state index in [4.69, 9.17) is 20.8 Å². The number of anilines is 1. The quantitative estimate of drug-likeness (QED) is 0.517. The van der Waals surface area contributed by atoms with Crippen LogP contribution in [0.2, 0.25) is 5.02 Å². The third kappa shape index (κ3) is 3.38. The van der Waals surface area contributed by atoms with Crippen molar-refractivity contribution < 1.29 is 13.9 Å². The maximum Gasteiger partial charge on any atom is 0.291 e. The fraction of sp³-hybridized carbons (Fsp3) is 0. The normalized spacial score (nSPS) is 10.7. The van der Waals surface area contributed by atoms with Gasteiger partial charge in [-0.15, -0.1) is 0 Å². The van der Waals surface area contributed by atoms with Gasteiger partial charge in [-0.3, -0.25) is 9.78 Å². The van der Waals surface area contributed by atoms with Gasteiger partial charge < -0.3 is 14.5 Å². The van der Waals surface area contributed by atoms with E-state index in [0.717, 1.165) is 10.9 Å². The Morgan fingerprint density at radius 2 is 1.92 bits per heavy atom. The lowest BCUT2D eigenvalue weighted by molar-refractivity contribution is 0.0996. The molecule has 0 atom stereocenters. The Bertz CT molecular complexity index is 1060. The van der Waals surface area contributed by atoms with Gasteiger partial charge in [0.1, 0.15) is 11.5 Å². The smallest absolute Gasteiger partial charge is 0.291 e. The molecule has 2 heterocycles. The first-order valence-corrected chi connectivity index (χ1v) is 8.24. The van der Waals surface area contributed by atoms with Gasteiger partial charge in [0.2, 0.25) is 0 Å². The number of rotatable bonds is 4. The Balaban J connectivity index is 1.52. The Morgan fingerprint density at radius 1 is 1.08 bits per heavy atom. The second-order valence-electron chi connectivity index (χ2n) is 5.53. The zero-order chi connectivity index (χ0) is 17.9. The van der Waals surface area contributed by atoms with E-state index in [1.807, 2.05) is 6.07 Å². The number of amides is 1. The molecule has 128 valence electrons. The van der Waals surface area contributed by atoms with E-state index >= 15 is 0 Å². The number of hydrogen-bond acceptors (Lipinski definition) is 4. The molecule has 2 aromatic heterocycles. The lowest BCUT2D eigenvalue weighted by atomic mass is 10.2. The Kier molecular flexibility index (Phi) is 4.29. The summed E-state index contributed by atoms with van der Waals surface area (Å²) in [6.45, 7) is 0. The van der Waals surface area contributed by atoms with Crippen LogP contribution in [0.4, 0.5) is 5.69 Å². The number of halogens is 1. The second-order valence-corrected chi connectivity index (χ2v) is 5.96. The van der Waals surface area contributed by atoms with E-state index in [2.05, 4.69) is 10.3 Å². The molecule has 0 fully saturated rings. The van der Waals surface area contributed by atoms with Gasteiger partial charge in [-0.2, -0.15) is 0 Å². The fourth-order valence-electron chi connectivity index (χ4n) is 2.52. The molecular formula is C20H13ClN2O3. The van der Waals surface area contributed by atoms with Gasteiger partial charge in [-0.1, -0.05) is 11.6 Å². The standard InChI is InChI=1S/C20H13ClN2O3/c21-13-3-8-16-17(12-13)22-10-9-18(16)26-15-6-4-14(5-7-15)23-20(24)19-2-1-11-25-19/h1-12H,(H,23,24). The molecular weight excluding hydrogens is 352 g/mol. The number of furan rings is 1. The van der Waals surface area contributed by atoms with Crippen LogP contribution >= 0.6 is 11.6 Å². The van der Waals surface area contributed by atoms with Crippen molar-refractivity contribution in [1.29, 1.82) is 0 Å². The van der Waals surface area contributed by atoms with Gasteiger partial charge in [-0.25, -0.2) is 0 Å². The molecule has 0 aliphatic heterocycles. The molecule has 1 N–H and O–H groups in total. The highest BCUT2D eigenvalue weighted by Crippen LogP contribution is 2.30. The van der Waals surface area contributed by atoms with Crippen molar-refractivity contribution in [2.45, 2.75) is 0 Å². The molecule has 0 spiro atoms. The van der Waals surface area contributed by atoms with Gasteiger partial charge in [-0.05, 0) is 60.7 Å². The van der Waals surface area contributed by atoms with Crippen LogP contribution in [0.15, 0.2) is 77.5 Å². The van der Waals surface area contributed by atoms with E-state index in [9.17, 15) is 4.79 Å². The number of benzene rings is 2. The maximum atomic E-state index is 12.0. The first-order valence-electron chi connectivity index (χ1n) is 7.86. The molecule has 0 radical (unpaired) electrons. The molecule has 1 amide bonds. The van der Waals surface area contributed by atoms with Crippen molar-refractivity contribution in [2.24, 2.45) is 0 Å². The SMILES string of the molecule is O=C(Nc1ccc(Oc2ccnc3cc(Cl)ccc23)cc1)c1ccco1. The molecule has 26 heavy (non-hydrogen) atoms. The highest BCUT2D eigenvalue weighted by Gasteiger charge is 2.09. The van der Waals surface area contributed by atoms with Crippen LogP contribution in [-0.4, -0.2) is 10.9 Å². The summed E-state index contributed by atoms with van der Waals surface area (Å²) >= 11 is 6.01. The topological polar surface area (TPSA) is 64.4 Å². The van der Waals surface area contributed by atoms with Crippen LogP contribution < -0.4 is 10.1 Å². The average molecular weight is 365 g/mol. The van der Waals surface area contributed by atoms with Crippen LogP contribution in [0.3, 0.4) is 0 Å². The highest BCUT2D eigenvalue weighted by molar-refractivity contribution is 6.31. The average Bonchev–Trinajstić information content (AvgIpc) is 3.18. The van der Waals surface area contributed by atoms with Gasteiger partial charge in [0.25, 0.3) is 5.91 Å². The third-order valence-electron chi connectivity index (χ3n) is 3.75. The molecule has 0 bridgehead atoms. The predicted molar refractivity (Wildman–Crippen MR) is 99.9 cm³/mol. The highest BCUT2D eigenvalue weighted by atomic mass is 35.5. The number of nitrogens with one attached hydrogen (secondary N) is 1. The minimum atomic E-state index is -0.305. The molecule has 0 unspecified atom stereocenters. The van der Waals surface area contributed by atoms with E-state index in [0.29, 0.717) is 22.2 Å². The fourth-order valence-corrected chi connectivity index (χ4v) is 2.68. The van der Waals surface area contributed by atoms with Crippen LogP contribution in [0, 0.1) is 0 Å². The lowest BCUT2D eigenvalue weighted by Crippen LogP contribution is -2.10. The summed E-state index contributed by atoms with van der Waals surface area (Å²) in [7, 11) is 0. The predicted octanol–water partition coefficient (Wildman–Crippen LogP) is 5.53. The summed E-state index contributed by atoms with van der Waals surface area (Å²) < 4.78 is 11.0. The Hall–Kier alpha value is -3.31. The van der Waals surface area contributed by atoms with Gasteiger partial charge in [0.05, 0.1) is 11.8 Å². The lowest BCUT2D eigenvalue weighted by Gasteiger charge is -2.10. The third-order valence-corrected chi connectivity index (χ3v) is 3.98. The van der Waals surface area contributed by atoms with E-state index < -0.39 is 0 Å². The van der Waals surface area contributed by atoms with Crippen molar-refractivity contribution in [3.05, 3.63) is 83.9 Å². The summed E-state index contributed by atoms with van der Waals surface area (Å²) in [5.74, 6) is 1.27. The summed E-state index contributed by atoms with van der Waals surface area (Å²) in [5.41, 5.74) is 1.41. The number of carbonyl (C=O) groups excluding carboxylic acids is 1. The van der Waals surface area contributed by atoms with Crippen molar-refractivity contribution in [2.75, 3.05) is 5.32 Å². The first kappa shape index (κ1) is 16.2. The minimum absolute atomic E-state index is 0.257. The molecule has 0 saturated carbocycles. The number of carbonyl (C=O) groups is 1. The number of hydrogen-bond donors (Lipinski definition) is 1. The van der Waals surface area contributed by atoms with E-state index in [-0.39, 0.29) is 11.7 Å². The summed E-state index contributed by atoms with van der Waals surface area (Å²) in [6, 6.07) is 17.6. The van der Waals surface area contributed by atoms with E-state index in [1.165, 1.54) is 6.26 Å². The number of pyridine rings is 1. The van der Waals surface area contributed by atoms with Crippen LogP contribution in [0.25, 0.3) is 10.9 Å². The minimum Gasteiger partial charge on any atom is -0.459 e. The second kappa shape index (κ2) is 6.90. The van der Waals surface area contributed by atoms with Crippen molar-refractivity contribution in [1.82, 2.24) is 4.98 Å². The molecule has 4 rings (SSSR count). The van der Waals surface area contributed by atoms with Crippen molar-refractivity contribution in [3.63, 3.8) is 0 Å². The largest absolute Gasteiger partial charge is 0.459 e.